The van der Waals surface area contributed by atoms with Gasteiger partial charge in [0, 0.05) is 31.7 Å². The van der Waals surface area contributed by atoms with Gasteiger partial charge in [0.25, 0.3) is 5.91 Å². The zero-order valence-electron chi connectivity index (χ0n) is 20.0. The molecule has 0 aliphatic carbocycles. The molecule has 0 atom stereocenters. The Kier molecular flexibility index (Phi) is 7.95. The van der Waals surface area contributed by atoms with Crippen LogP contribution in [0.5, 0.6) is 5.75 Å². The largest absolute Gasteiger partial charge is 0.489 e. The van der Waals surface area contributed by atoms with Crippen LogP contribution in [0, 0.1) is 5.82 Å². The topological polar surface area (TPSA) is 76.2 Å². The molecule has 36 heavy (non-hydrogen) atoms. The highest BCUT2D eigenvalue weighted by molar-refractivity contribution is 5.94. The Morgan fingerprint density at radius 2 is 1.61 bits per heavy atom. The Morgan fingerprint density at radius 1 is 0.861 bits per heavy atom. The number of hydrogen-bond acceptors (Lipinski definition) is 6. The molecule has 186 valence electrons. The number of Topliss-reactive ketones (excluding diaryl/α,β-unsaturated/α-hetero) is 1. The van der Waals surface area contributed by atoms with Crippen LogP contribution in [-0.4, -0.2) is 55.3 Å². The third-order valence-electron chi connectivity index (χ3n) is 5.97. The number of carbonyl (C=O) groups excluding carboxylic acids is 3. The van der Waals surface area contributed by atoms with E-state index in [4.69, 9.17) is 9.47 Å². The molecule has 1 fully saturated rings. The van der Waals surface area contributed by atoms with Gasteiger partial charge in [-0.15, -0.1) is 0 Å². The van der Waals surface area contributed by atoms with E-state index in [0.29, 0.717) is 55.3 Å². The van der Waals surface area contributed by atoms with E-state index in [1.54, 1.807) is 41.3 Å². The van der Waals surface area contributed by atoms with E-state index in [9.17, 15) is 18.8 Å². The molecule has 1 amide bonds. The molecule has 0 bridgehead atoms. The number of hydrogen-bond donors (Lipinski definition) is 0. The molecule has 7 nitrogen and oxygen atoms in total. The van der Waals surface area contributed by atoms with E-state index in [1.165, 1.54) is 13.0 Å². The molecule has 1 aliphatic heterocycles. The number of nitrogens with zero attached hydrogens (tertiary/aromatic N) is 2. The van der Waals surface area contributed by atoms with Crippen molar-refractivity contribution in [1.29, 1.82) is 0 Å². The Bertz CT molecular complexity index is 1240. The van der Waals surface area contributed by atoms with Crippen molar-refractivity contribution in [2.75, 3.05) is 37.7 Å². The monoisotopic (exact) mass is 490 g/mol. The fraction of sp³-hybridized carbons (Fsp3) is 0.250. The van der Waals surface area contributed by atoms with Crippen molar-refractivity contribution in [1.82, 2.24) is 4.90 Å². The van der Waals surface area contributed by atoms with Gasteiger partial charge in [0.2, 0.25) is 0 Å². The Morgan fingerprint density at radius 3 is 2.31 bits per heavy atom. The standard InChI is InChI=1S/C28H27FN2O5/c1-20(32)22-10-11-26(25(29)17-22)30-12-14-31(15-13-30)27(33)19-36-28(34)23-8-5-9-24(16-23)35-18-21-6-3-2-4-7-21/h2-11,16-17H,12-15,18-19H2,1H3. The summed E-state index contributed by atoms with van der Waals surface area (Å²) in [5.74, 6) is -1.06. The molecule has 0 saturated carbocycles. The van der Waals surface area contributed by atoms with Crippen LogP contribution in [0.1, 0.15) is 33.2 Å². The summed E-state index contributed by atoms with van der Waals surface area (Å²) < 4.78 is 25.4. The minimum Gasteiger partial charge on any atom is -0.489 e. The number of esters is 1. The predicted molar refractivity (Wildman–Crippen MR) is 133 cm³/mol. The molecule has 4 rings (SSSR count). The van der Waals surface area contributed by atoms with Crippen LogP contribution in [0.4, 0.5) is 10.1 Å². The normalized spacial score (nSPS) is 13.3. The van der Waals surface area contributed by atoms with E-state index in [2.05, 4.69) is 0 Å². The lowest BCUT2D eigenvalue weighted by Gasteiger charge is -2.36. The van der Waals surface area contributed by atoms with E-state index in [0.717, 1.165) is 5.56 Å². The van der Waals surface area contributed by atoms with Crippen molar-refractivity contribution < 1.29 is 28.2 Å². The fourth-order valence-corrected chi connectivity index (χ4v) is 3.93. The zero-order chi connectivity index (χ0) is 25.5. The van der Waals surface area contributed by atoms with Gasteiger partial charge in [0.1, 0.15) is 18.2 Å². The van der Waals surface area contributed by atoms with Gasteiger partial charge in [-0.25, -0.2) is 9.18 Å². The van der Waals surface area contributed by atoms with E-state index in [1.807, 2.05) is 35.2 Å². The SMILES string of the molecule is CC(=O)c1ccc(N2CCN(C(=O)COC(=O)c3cccc(OCc4ccccc4)c3)CC2)c(F)c1. The molecule has 0 unspecified atom stereocenters. The molecule has 8 heteroatoms. The summed E-state index contributed by atoms with van der Waals surface area (Å²) in [4.78, 5) is 39.9. The van der Waals surface area contributed by atoms with Gasteiger partial charge in [0.15, 0.2) is 12.4 Å². The first-order valence-corrected chi connectivity index (χ1v) is 11.7. The van der Waals surface area contributed by atoms with Gasteiger partial charge in [-0.3, -0.25) is 9.59 Å². The van der Waals surface area contributed by atoms with Crippen molar-refractivity contribution in [2.45, 2.75) is 13.5 Å². The molecule has 1 aliphatic rings. The summed E-state index contributed by atoms with van der Waals surface area (Å²) >= 11 is 0. The molecule has 0 N–H and O–H groups in total. The van der Waals surface area contributed by atoms with Crippen molar-refractivity contribution in [2.24, 2.45) is 0 Å². The number of piperazine rings is 1. The van der Waals surface area contributed by atoms with Gasteiger partial charge >= 0.3 is 5.97 Å². The summed E-state index contributed by atoms with van der Waals surface area (Å²) in [7, 11) is 0. The van der Waals surface area contributed by atoms with Crippen LogP contribution in [0.3, 0.4) is 0 Å². The minimum absolute atomic E-state index is 0.197. The maximum atomic E-state index is 14.4. The Hall–Kier alpha value is -4.20. The summed E-state index contributed by atoms with van der Waals surface area (Å²) in [6.07, 6.45) is 0. The minimum atomic E-state index is -0.611. The van der Waals surface area contributed by atoms with E-state index < -0.39 is 11.8 Å². The first kappa shape index (κ1) is 24.9. The number of ether oxygens (including phenoxy) is 2. The molecule has 3 aromatic rings. The van der Waals surface area contributed by atoms with Crippen LogP contribution in [0.15, 0.2) is 72.8 Å². The van der Waals surface area contributed by atoms with Crippen LogP contribution >= 0.6 is 0 Å². The average Bonchev–Trinajstić information content (AvgIpc) is 2.91. The molecule has 0 aromatic heterocycles. The van der Waals surface area contributed by atoms with E-state index >= 15 is 0 Å². The lowest BCUT2D eigenvalue weighted by molar-refractivity contribution is -0.134. The summed E-state index contributed by atoms with van der Waals surface area (Å²) in [6, 6.07) is 20.7. The first-order valence-electron chi connectivity index (χ1n) is 11.7. The average molecular weight is 491 g/mol. The molecular formula is C28H27FN2O5. The number of amides is 1. The summed E-state index contributed by atoms with van der Waals surface area (Å²) in [5.41, 5.74) is 2.02. The number of halogens is 1. The number of rotatable bonds is 8. The number of benzene rings is 3. The molecule has 1 saturated heterocycles. The fourth-order valence-electron chi connectivity index (χ4n) is 3.93. The van der Waals surface area contributed by atoms with Crippen LogP contribution in [-0.2, 0) is 16.1 Å². The first-order chi connectivity index (χ1) is 17.4. The lowest BCUT2D eigenvalue weighted by Crippen LogP contribution is -2.50. The molecule has 0 spiro atoms. The number of ketones is 1. The molecule has 1 heterocycles. The van der Waals surface area contributed by atoms with Crippen LogP contribution in [0.25, 0.3) is 0 Å². The summed E-state index contributed by atoms with van der Waals surface area (Å²) in [5, 5.41) is 0. The third-order valence-corrected chi connectivity index (χ3v) is 5.97. The molecule has 0 radical (unpaired) electrons. The van der Waals surface area contributed by atoms with Gasteiger partial charge in [-0.1, -0.05) is 36.4 Å². The highest BCUT2D eigenvalue weighted by Gasteiger charge is 2.24. The predicted octanol–water partition coefficient (Wildman–Crippen LogP) is 4.11. The second-order valence-electron chi connectivity index (χ2n) is 8.47. The second-order valence-corrected chi connectivity index (χ2v) is 8.47. The second kappa shape index (κ2) is 11.5. The third kappa shape index (κ3) is 6.27. The number of carbonyl (C=O) groups is 3. The van der Waals surface area contributed by atoms with Gasteiger partial charge < -0.3 is 19.3 Å². The van der Waals surface area contributed by atoms with Gasteiger partial charge in [-0.2, -0.15) is 0 Å². The zero-order valence-corrected chi connectivity index (χ0v) is 20.0. The van der Waals surface area contributed by atoms with Crippen LogP contribution in [0.2, 0.25) is 0 Å². The van der Waals surface area contributed by atoms with E-state index in [-0.39, 0.29) is 18.3 Å². The van der Waals surface area contributed by atoms with Crippen LogP contribution < -0.4 is 9.64 Å². The Balaban J connectivity index is 1.25. The smallest absolute Gasteiger partial charge is 0.338 e. The van der Waals surface area contributed by atoms with Gasteiger partial charge in [0.05, 0.1) is 11.3 Å². The van der Waals surface area contributed by atoms with Crippen molar-refractivity contribution >= 4 is 23.3 Å². The molecule has 3 aromatic carbocycles. The Labute approximate surface area is 209 Å². The van der Waals surface area contributed by atoms with Crippen molar-refractivity contribution in [3.63, 3.8) is 0 Å². The lowest BCUT2D eigenvalue weighted by atomic mass is 10.1. The highest BCUT2D eigenvalue weighted by atomic mass is 19.1. The van der Waals surface area contributed by atoms with Crippen molar-refractivity contribution in [3.8, 4) is 5.75 Å². The van der Waals surface area contributed by atoms with Gasteiger partial charge in [-0.05, 0) is 48.9 Å². The van der Waals surface area contributed by atoms with Crippen molar-refractivity contribution in [3.05, 3.63) is 95.3 Å². The maximum Gasteiger partial charge on any atom is 0.338 e. The number of anilines is 1. The summed E-state index contributed by atoms with van der Waals surface area (Å²) in [6.45, 7) is 2.97. The quantitative estimate of drug-likeness (QED) is 0.349. The highest BCUT2D eigenvalue weighted by Crippen LogP contribution is 2.22. The maximum absolute atomic E-state index is 14.4. The molecular weight excluding hydrogens is 463 g/mol.